The molecule has 1 heterocycles. The molecule has 6 heteroatoms. The first-order valence-electron chi connectivity index (χ1n) is 6.75. The summed E-state index contributed by atoms with van der Waals surface area (Å²) in [6.07, 6.45) is 5.04. The van der Waals surface area contributed by atoms with Gasteiger partial charge in [0.1, 0.15) is 5.69 Å². The molecular weight excluding hydrogens is 266 g/mol. The van der Waals surface area contributed by atoms with Crippen LogP contribution in [0.3, 0.4) is 0 Å². The van der Waals surface area contributed by atoms with E-state index in [1.165, 1.54) is 23.7 Å². The van der Waals surface area contributed by atoms with E-state index in [1.54, 1.807) is 6.92 Å². The molecule has 1 fully saturated rings. The van der Waals surface area contributed by atoms with Crippen LogP contribution in [0.1, 0.15) is 32.6 Å². The van der Waals surface area contributed by atoms with Crippen LogP contribution in [0.5, 0.6) is 0 Å². The van der Waals surface area contributed by atoms with Gasteiger partial charge in [0.2, 0.25) is 0 Å². The van der Waals surface area contributed by atoms with Gasteiger partial charge in [-0.25, -0.2) is 4.68 Å². The molecule has 19 heavy (non-hydrogen) atoms. The molecule has 0 radical (unpaired) electrons. The summed E-state index contributed by atoms with van der Waals surface area (Å²) >= 11 is 6.01. The lowest BCUT2D eigenvalue weighted by molar-refractivity contribution is 0.183. The van der Waals surface area contributed by atoms with Crippen LogP contribution in [-0.4, -0.2) is 27.5 Å². The fourth-order valence-corrected chi connectivity index (χ4v) is 2.11. The number of nitrogens with one attached hydrogen (secondary N) is 1. The largest absolute Gasteiger partial charge is 0.393 e. The molecule has 5 nitrogen and oxygen atoms in total. The molecule has 1 aromatic rings. The third-order valence-electron chi connectivity index (χ3n) is 3.23. The van der Waals surface area contributed by atoms with Crippen LogP contribution >= 0.6 is 11.6 Å². The Morgan fingerprint density at radius 1 is 1.63 bits per heavy atom. The number of rotatable bonds is 7. The topological polar surface area (TPSA) is 67.2 Å². The van der Waals surface area contributed by atoms with Gasteiger partial charge in [0, 0.05) is 13.1 Å². The van der Waals surface area contributed by atoms with E-state index in [0.717, 1.165) is 6.42 Å². The van der Waals surface area contributed by atoms with Gasteiger partial charge in [-0.15, -0.1) is 0 Å². The predicted octanol–water partition coefficient (Wildman–Crippen LogP) is 1.88. The Kier molecular flexibility index (Phi) is 4.82. The maximum Gasteiger partial charge on any atom is 0.291 e. The van der Waals surface area contributed by atoms with Gasteiger partial charge in [-0.3, -0.25) is 4.79 Å². The number of anilines is 1. The summed E-state index contributed by atoms with van der Waals surface area (Å²) in [5.74, 6) is 0.592. The summed E-state index contributed by atoms with van der Waals surface area (Å²) in [7, 11) is 0. The molecule has 1 aromatic heterocycles. The number of nitrogens with zero attached hydrogens (tertiary/aromatic N) is 2. The molecule has 106 valence electrons. The third-order valence-corrected chi connectivity index (χ3v) is 3.51. The van der Waals surface area contributed by atoms with E-state index in [-0.39, 0.29) is 11.7 Å². The highest BCUT2D eigenvalue weighted by atomic mass is 35.5. The van der Waals surface area contributed by atoms with Crippen molar-refractivity contribution in [2.24, 2.45) is 5.92 Å². The zero-order valence-corrected chi connectivity index (χ0v) is 11.9. The first-order valence-corrected chi connectivity index (χ1v) is 7.13. The van der Waals surface area contributed by atoms with E-state index >= 15 is 0 Å². The van der Waals surface area contributed by atoms with Gasteiger partial charge in [0.25, 0.3) is 5.56 Å². The van der Waals surface area contributed by atoms with Gasteiger partial charge < -0.3 is 10.4 Å². The summed E-state index contributed by atoms with van der Waals surface area (Å²) in [5, 5.41) is 16.7. The number of hydrogen-bond donors (Lipinski definition) is 2. The highest BCUT2D eigenvalue weighted by Crippen LogP contribution is 2.30. The maximum atomic E-state index is 12.2. The molecule has 1 unspecified atom stereocenters. The monoisotopic (exact) mass is 285 g/mol. The second-order valence-corrected chi connectivity index (χ2v) is 5.62. The van der Waals surface area contributed by atoms with E-state index in [4.69, 9.17) is 11.6 Å². The Bertz CT molecular complexity index is 483. The van der Waals surface area contributed by atoms with Crippen LogP contribution in [0.4, 0.5) is 5.69 Å². The summed E-state index contributed by atoms with van der Waals surface area (Å²) in [5.41, 5.74) is 0.263. The lowest BCUT2D eigenvalue weighted by Crippen LogP contribution is -2.27. The first kappa shape index (κ1) is 14.3. The van der Waals surface area contributed by atoms with Crippen molar-refractivity contribution in [3.63, 3.8) is 0 Å². The van der Waals surface area contributed by atoms with Gasteiger partial charge in [0.05, 0.1) is 17.3 Å². The lowest BCUT2D eigenvalue weighted by Gasteiger charge is -2.10. The normalized spacial score (nSPS) is 16.4. The minimum atomic E-state index is -0.318. The molecule has 0 aromatic carbocycles. The van der Waals surface area contributed by atoms with E-state index in [1.807, 2.05) is 0 Å². The van der Waals surface area contributed by atoms with Gasteiger partial charge in [0.15, 0.2) is 0 Å². The molecule has 0 spiro atoms. The standard InChI is InChI=1S/C13H20ClN3O2/c1-9(18)3-2-6-15-12-11(14)7-16-17(13(12)19)8-10-4-5-10/h7,9-10,15,18H,2-6,8H2,1H3. The van der Waals surface area contributed by atoms with Crippen molar-refractivity contribution in [3.05, 3.63) is 21.6 Å². The van der Waals surface area contributed by atoms with Crippen molar-refractivity contribution in [2.75, 3.05) is 11.9 Å². The van der Waals surface area contributed by atoms with Gasteiger partial charge in [-0.2, -0.15) is 5.10 Å². The fraction of sp³-hybridized carbons (Fsp3) is 0.692. The number of aromatic nitrogens is 2. The molecule has 0 bridgehead atoms. The predicted molar refractivity (Wildman–Crippen MR) is 75.6 cm³/mol. The van der Waals surface area contributed by atoms with Crippen LogP contribution in [0.15, 0.2) is 11.0 Å². The van der Waals surface area contributed by atoms with Crippen molar-refractivity contribution in [1.29, 1.82) is 0 Å². The molecular formula is C13H20ClN3O2. The maximum absolute atomic E-state index is 12.2. The Morgan fingerprint density at radius 3 is 3.00 bits per heavy atom. The molecule has 1 aliphatic carbocycles. The van der Waals surface area contributed by atoms with E-state index in [0.29, 0.717) is 36.1 Å². The van der Waals surface area contributed by atoms with Crippen LogP contribution < -0.4 is 10.9 Å². The van der Waals surface area contributed by atoms with Crippen molar-refractivity contribution < 1.29 is 5.11 Å². The van der Waals surface area contributed by atoms with Gasteiger partial charge in [-0.05, 0) is 38.5 Å². The Hall–Kier alpha value is -1.07. The van der Waals surface area contributed by atoms with Crippen LogP contribution in [-0.2, 0) is 6.54 Å². The van der Waals surface area contributed by atoms with Gasteiger partial charge in [-0.1, -0.05) is 11.6 Å². The molecule has 2 rings (SSSR count). The summed E-state index contributed by atoms with van der Waals surface area (Å²) < 4.78 is 1.49. The summed E-state index contributed by atoms with van der Waals surface area (Å²) in [6.45, 7) is 3.05. The number of hydrogen-bond acceptors (Lipinski definition) is 4. The van der Waals surface area contributed by atoms with E-state index in [2.05, 4.69) is 10.4 Å². The molecule has 1 saturated carbocycles. The average molecular weight is 286 g/mol. The van der Waals surface area contributed by atoms with Crippen LogP contribution in [0.25, 0.3) is 0 Å². The number of aliphatic hydroxyl groups excluding tert-OH is 1. The van der Waals surface area contributed by atoms with Crippen molar-refractivity contribution in [2.45, 2.75) is 45.3 Å². The highest BCUT2D eigenvalue weighted by Gasteiger charge is 2.23. The zero-order valence-electron chi connectivity index (χ0n) is 11.1. The smallest absolute Gasteiger partial charge is 0.291 e. The Labute approximate surface area is 117 Å². The van der Waals surface area contributed by atoms with Crippen LogP contribution in [0.2, 0.25) is 5.02 Å². The molecule has 0 saturated heterocycles. The van der Waals surface area contributed by atoms with Crippen molar-refractivity contribution in [3.8, 4) is 0 Å². The van der Waals surface area contributed by atoms with E-state index < -0.39 is 0 Å². The SMILES string of the molecule is CC(O)CCCNc1c(Cl)cnn(CC2CC2)c1=O. The number of aliphatic hydroxyl groups is 1. The highest BCUT2D eigenvalue weighted by molar-refractivity contribution is 6.32. The van der Waals surface area contributed by atoms with E-state index in [9.17, 15) is 9.90 Å². The molecule has 1 atom stereocenters. The average Bonchev–Trinajstić information content (AvgIpc) is 3.15. The fourth-order valence-electron chi connectivity index (χ4n) is 1.91. The quantitative estimate of drug-likeness (QED) is 0.751. The molecule has 2 N–H and O–H groups in total. The molecule has 0 aliphatic heterocycles. The van der Waals surface area contributed by atoms with Crippen molar-refractivity contribution in [1.82, 2.24) is 9.78 Å². The summed E-state index contributed by atoms with van der Waals surface area (Å²) in [4.78, 5) is 12.2. The van der Waals surface area contributed by atoms with Crippen LogP contribution in [0, 0.1) is 5.92 Å². The first-order chi connectivity index (χ1) is 9.08. The second kappa shape index (κ2) is 6.39. The second-order valence-electron chi connectivity index (χ2n) is 5.22. The van der Waals surface area contributed by atoms with Gasteiger partial charge >= 0.3 is 0 Å². The third kappa shape index (κ3) is 4.21. The Balaban J connectivity index is 1.99. The van der Waals surface area contributed by atoms with Crippen molar-refractivity contribution >= 4 is 17.3 Å². The summed E-state index contributed by atoms with van der Waals surface area (Å²) in [6, 6.07) is 0. The molecule has 1 aliphatic rings. The lowest BCUT2D eigenvalue weighted by atomic mass is 10.2. The number of halogens is 1. The minimum Gasteiger partial charge on any atom is -0.393 e. The molecule has 0 amide bonds. The zero-order chi connectivity index (χ0) is 13.8. The Morgan fingerprint density at radius 2 is 2.37 bits per heavy atom. The minimum absolute atomic E-state index is 0.156.